The molecule has 1 atom stereocenters. The van der Waals surface area contributed by atoms with Crippen molar-refractivity contribution in [3.05, 3.63) is 36.2 Å². The number of methoxy groups -OCH3 is 3. The molecule has 6 heteroatoms. The van der Waals surface area contributed by atoms with Crippen LogP contribution in [0.3, 0.4) is 0 Å². The van der Waals surface area contributed by atoms with E-state index in [9.17, 15) is 0 Å². The molecular weight excluding hydrogens is 282 g/mol. The molecule has 1 aromatic carbocycles. The van der Waals surface area contributed by atoms with E-state index in [1.165, 1.54) is 0 Å². The molecule has 22 heavy (non-hydrogen) atoms. The topological polar surface area (TPSA) is 57.5 Å². The molecule has 2 rings (SSSR count). The summed E-state index contributed by atoms with van der Waals surface area (Å²) >= 11 is 0. The zero-order valence-corrected chi connectivity index (χ0v) is 13.5. The number of rotatable bonds is 8. The fourth-order valence-corrected chi connectivity index (χ4v) is 2.27. The van der Waals surface area contributed by atoms with Gasteiger partial charge in [0.2, 0.25) is 0 Å². The minimum atomic E-state index is 0.276. The number of nitrogens with zero attached hydrogens (tertiary/aromatic N) is 2. The van der Waals surface area contributed by atoms with Crippen molar-refractivity contribution >= 4 is 0 Å². The third-order valence-corrected chi connectivity index (χ3v) is 3.45. The van der Waals surface area contributed by atoms with Gasteiger partial charge in [0.15, 0.2) is 11.5 Å². The second kappa shape index (κ2) is 7.70. The molecule has 2 aromatic rings. The molecule has 1 heterocycles. The van der Waals surface area contributed by atoms with Crippen LogP contribution in [-0.4, -0.2) is 37.2 Å². The monoisotopic (exact) mass is 305 g/mol. The second-order valence-electron chi connectivity index (χ2n) is 5.03. The van der Waals surface area contributed by atoms with Gasteiger partial charge in [-0.05, 0) is 19.1 Å². The summed E-state index contributed by atoms with van der Waals surface area (Å²) in [7, 11) is 4.89. The molecule has 120 valence electrons. The largest absolute Gasteiger partial charge is 0.496 e. The summed E-state index contributed by atoms with van der Waals surface area (Å²) in [5.74, 6) is 2.13. The van der Waals surface area contributed by atoms with Gasteiger partial charge in [0.05, 0.1) is 27.9 Å². The van der Waals surface area contributed by atoms with Crippen LogP contribution in [0.4, 0.5) is 0 Å². The number of hydrogen-bond acceptors (Lipinski definition) is 5. The van der Waals surface area contributed by atoms with Crippen LogP contribution < -0.4 is 19.5 Å². The molecule has 0 saturated carbocycles. The number of benzene rings is 1. The Morgan fingerprint density at radius 3 is 2.36 bits per heavy atom. The molecule has 0 fully saturated rings. The predicted molar refractivity (Wildman–Crippen MR) is 84.6 cm³/mol. The lowest BCUT2D eigenvalue weighted by Crippen LogP contribution is -2.30. The van der Waals surface area contributed by atoms with Crippen LogP contribution in [0.5, 0.6) is 17.2 Å². The van der Waals surface area contributed by atoms with Gasteiger partial charge in [-0.15, -0.1) is 0 Å². The van der Waals surface area contributed by atoms with E-state index < -0.39 is 0 Å². The van der Waals surface area contributed by atoms with Crippen molar-refractivity contribution in [3.8, 4) is 17.2 Å². The van der Waals surface area contributed by atoms with Gasteiger partial charge in [-0.3, -0.25) is 4.68 Å². The maximum Gasteiger partial charge on any atom is 0.164 e. The molecule has 0 saturated heterocycles. The third-order valence-electron chi connectivity index (χ3n) is 3.45. The smallest absolute Gasteiger partial charge is 0.164 e. The van der Waals surface area contributed by atoms with E-state index >= 15 is 0 Å². The van der Waals surface area contributed by atoms with Gasteiger partial charge in [-0.1, -0.05) is 0 Å². The van der Waals surface area contributed by atoms with Crippen LogP contribution in [0.1, 0.15) is 12.5 Å². The SMILES string of the molecule is COc1cc(OC)c(OC)cc1CN[C@H](C)Cn1cccn1. The standard InChI is InChI=1S/C16H23N3O3/c1-12(11-19-7-5-6-18-19)17-10-13-8-15(21-3)16(22-4)9-14(13)20-2/h5-9,12,17H,10-11H2,1-4H3/t12-/m1/s1. The molecule has 0 unspecified atom stereocenters. The first-order chi connectivity index (χ1) is 10.7. The Hall–Kier alpha value is -2.21. The van der Waals surface area contributed by atoms with E-state index in [1.807, 2.05) is 29.1 Å². The van der Waals surface area contributed by atoms with Crippen molar-refractivity contribution in [1.29, 1.82) is 0 Å². The quantitative estimate of drug-likeness (QED) is 0.809. The van der Waals surface area contributed by atoms with E-state index in [1.54, 1.807) is 27.5 Å². The number of ether oxygens (including phenoxy) is 3. The van der Waals surface area contributed by atoms with E-state index in [4.69, 9.17) is 14.2 Å². The Kier molecular flexibility index (Phi) is 5.66. The highest BCUT2D eigenvalue weighted by molar-refractivity contribution is 5.50. The zero-order valence-electron chi connectivity index (χ0n) is 13.5. The molecule has 0 radical (unpaired) electrons. The van der Waals surface area contributed by atoms with Gasteiger partial charge in [-0.2, -0.15) is 5.10 Å². The van der Waals surface area contributed by atoms with E-state index in [0.717, 1.165) is 17.9 Å². The van der Waals surface area contributed by atoms with Crippen LogP contribution in [-0.2, 0) is 13.1 Å². The Morgan fingerprint density at radius 1 is 1.09 bits per heavy atom. The maximum atomic E-state index is 5.43. The van der Waals surface area contributed by atoms with Gasteiger partial charge < -0.3 is 19.5 Å². The van der Waals surface area contributed by atoms with E-state index in [0.29, 0.717) is 18.0 Å². The maximum absolute atomic E-state index is 5.43. The molecule has 1 N–H and O–H groups in total. The van der Waals surface area contributed by atoms with Crippen LogP contribution >= 0.6 is 0 Å². The fourth-order valence-electron chi connectivity index (χ4n) is 2.27. The second-order valence-corrected chi connectivity index (χ2v) is 5.03. The Balaban J connectivity index is 2.04. The first-order valence-corrected chi connectivity index (χ1v) is 7.17. The molecule has 0 aliphatic carbocycles. The van der Waals surface area contributed by atoms with Crippen molar-refractivity contribution in [2.75, 3.05) is 21.3 Å². The van der Waals surface area contributed by atoms with Crippen LogP contribution in [0, 0.1) is 0 Å². The van der Waals surface area contributed by atoms with Crippen LogP contribution in [0.2, 0.25) is 0 Å². The summed E-state index contributed by atoms with van der Waals surface area (Å²) in [5, 5.41) is 7.67. The van der Waals surface area contributed by atoms with E-state index in [-0.39, 0.29) is 6.04 Å². The first kappa shape index (κ1) is 16.2. The van der Waals surface area contributed by atoms with Crippen molar-refractivity contribution in [2.45, 2.75) is 26.1 Å². The minimum Gasteiger partial charge on any atom is -0.496 e. The zero-order chi connectivity index (χ0) is 15.9. The summed E-state index contributed by atoms with van der Waals surface area (Å²) in [5.41, 5.74) is 1.02. The molecular formula is C16H23N3O3. The Bertz CT molecular complexity index is 585. The number of aromatic nitrogens is 2. The molecule has 1 aromatic heterocycles. The fraction of sp³-hybridized carbons (Fsp3) is 0.438. The highest BCUT2D eigenvalue weighted by atomic mass is 16.5. The third kappa shape index (κ3) is 3.92. The summed E-state index contributed by atoms with van der Waals surface area (Å²) in [6.45, 7) is 3.60. The van der Waals surface area contributed by atoms with Gasteiger partial charge in [0.1, 0.15) is 5.75 Å². The van der Waals surface area contributed by atoms with Crippen molar-refractivity contribution in [2.24, 2.45) is 0 Å². The van der Waals surface area contributed by atoms with Gasteiger partial charge in [-0.25, -0.2) is 0 Å². The lowest BCUT2D eigenvalue weighted by molar-refractivity contribution is 0.346. The van der Waals surface area contributed by atoms with Gasteiger partial charge >= 0.3 is 0 Å². The van der Waals surface area contributed by atoms with Crippen LogP contribution in [0.15, 0.2) is 30.6 Å². The molecule has 0 spiro atoms. The van der Waals surface area contributed by atoms with Crippen molar-refractivity contribution in [1.82, 2.24) is 15.1 Å². The van der Waals surface area contributed by atoms with Crippen molar-refractivity contribution < 1.29 is 14.2 Å². The molecule has 0 bridgehead atoms. The first-order valence-electron chi connectivity index (χ1n) is 7.17. The Labute approximate surface area is 131 Å². The van der Waals surface area contributed by atoms with E-state index in [2.05, 4.69) is 17.3 Å². The van der Waals surface area contributed by atoms with Gasteiger partial charge in [0, 0.05) is 36.6 Å². The molecule has 0 aliphatic rings. The minimum absolute atomic E-state index is 0.276. The average molecular weight is 305 g/mol. The summed E-state index contributed by atoms with van der Waals surface area (Å²) in [4.78, 5) is 0. The average Bonchev–Trinajstić information content (AvgIpc) is 3.04. The number of nitrogens with one attached hydrogen (secondary N) is 1. The number of hydrogen-bond donors (Lipinski definition) is 1. The normalized spacial score (nSPS) is 12.0. The highest BCUT2D eigenvalue weighted by Crippen LogP contribution is 2.34. The highest BCUT2D eigenvalue weighted by Gasteiger charge is 2.12. The molecule has 0 amide bonds. The lowest BCUT2D eigenvalue weighted by Gasteiger charge is -2.17. The Morgan fingerprint density at radius 2 is 1.77 bits per heavy atom. The van der Waals surface area contributed by atoms with Crippen LogP contribution in [0.25, 0.3) is 0 Å². The predicted octanol–water partition coefficient (Wildman–Crippen LogP) is 2.09. The van der Waals surface area contributed by atoms with Crippen molar-refractivity contribution in [3.63, 3.8) is 0 Å². The molecule has 0 aliphatic heterocycles. The summed E-state index contributed by atoms with van der Waals surface area (Å²) < 4.78 is 18.0. The van der Waals surface area contributed by atoms with Gasteiger partial charge in [0.25, 0.3) is 0 Å². The molecule has 6 nitrogen and oxygen atoms in total. The lowest BCUT2D eigenvalue weighted by atomic mass is 10.1. The summed E-state index contributed by atoms with van der Waals surface area (Å²) in [6.07, 6.45) is 3.74. The summed E-state index contributed by atoms with van der Waals surface area (Å²) in [6, 6.07) is 5.97.